The van der Waals surface area contributed by atoms with Crippen LogP contribution in [-0.4, -0.2) is 52.5 Å². The van der Waals surface area contributed by atoms with Crippen LogP contribution in [0.1, 0.15) is 10.8 Å². The van der Waals surface area contributed by atoms with Crippen LogP contribution in [0.3, 0.4) is 0 Å². The van der Waals surface area contributed by atoms with Gasteiger partial charge in [0.1, 0.15) is 5.82 Å². The number of nitrogen functional groups attached to an aromatic ring is 1. The van der Waals surface area contributed by atoms with Gasteiger partial charge in [0.2, 0.25) is 11.9 Å². The van der Waals surface area contributed by atoms with Crippen molar-refractivity contribution in [1.82, 2.24) is 24.8 Å². The first-order valence-corrected chi connectivity index (χ1v) is 7.17. The standard InChI is InChI=1S/C12H19N7S/c1-18(2)12-16-9(15-11(13)17-12)8-19(3)6-4-10-14-5-7-20-10/h5,7H,4,6,8H2,1-3H3,(H2,13,15,16,17). The van der Waals surface area contributed by atoms with E-state index in [1.807, 2.05) is 37.6 Å². The van der Waals surface area contributed by atoms with E-state index in [1.165, 1.54) is 0 Å². The Kier molecular flexibility index (Phi) is 4.80. The van der Waals surface area contributed by atoms with Crippen LogP contribution < -0.4 is 10.6 Å². The van der Waals surface area contributed by atoms with Gasteiger partial charge in [0.15, 0.2) is 0 Å². The molecule has 2 N–H and O–H groups in total. The van der Waals surface area contributed by atoms with Gasteiger partial charge in [0.05, 0.1) is 11.6 Å². The minimum absolute atomic E-state index is 0.257. The van der Waals surface area contributed by atoms with Crippen LogP contribution in [0, 0.1) is 0 Å². The molecule has 20 heavy (non-hydrogen) atoms. The van der Waals surface area contributed by atoms with Crippen LogP contribution in [0.4, 0.5) is 11.9 Å². The summed E-state index contributed by atoms with van der Waals surface area (Å²) in [6.07, 6.45) is 2.76. The first kappa shape index (κ1) is 14.6. The molecule has 0 saturated carbocycles. The topological polar surface area (TPSA) is 84.1 Å². The van der Waals surface area contributed by atoms with Gasteiger partial charge < -0.3 is 10.6 Å². The maximum atomic E-state index is 5.71. The van der Waals surface area contributed by atoms with Crippen molar-refractivity contribution in [3.8, 4) is 0 Å². The lowest BCUT2D eigenvalue weighted by molar-refractivity contribution is 0.322. The Morgan fingerprint density at radius 3 is 2.65 bits per heavy atom. The third-order valence-electron chi connectivity index (χ3n) is 2.69. The first-order valence-electron chi connectivity index (χ1n) is 6.29. The van der Waals surface area contributed by atoms with Gasteiger partial charge in [0.25, 0.3) is 0 Å². The highest BCUT2D eigenvalue weighted by molar-refractivity contribution is 7.09. The molecule has 0 atom stereocenters. The summed E-state index contributed by atoms with van der Waals surface area (Å²) in [5.74, 6) is 1.52. The van der Waals surface area contributed by atoms with E-state index in [2.05, 4.69) is 24.8 Å². The minimum atomic E-state index is 0.257. The van der Waals surface area contributed by atoms with Crippen molar-refractivity contribution in [3.63, 3.8) is 0 Å². The van der Waals surface area contributed by atoms with Gasteiger partial charge in [0, 0.05) is 38.6 Å². The van der Waals surface area contributed by atoms with Gasteiger partial charge in [-0.15, -0.1) is 11.3 Å². The second-order valence-electron chi connectivity index (χ2n) is 4.72. The van der Waals surface area contributed by atoms with Crippen LogP contribution in [0.15, 0.2) is 11.6 Å². The molecule has 0 aliphatic carbocycles. The van der Waals surface area contributed by atoms with Crippen LogP contribution in [-0.2, 0) is 13.0 Å². The van der Waals surface area contributed by atoms with E-state index in [9.17, 15) is 0 Å². The molecule has 0 fully saturated rings. The van der Waals surface area contributed by atoms with Crippen LogP contribution in [0.5, 0.6) is 0 Å². The SMILES string of the molecule is CN(CCc1nccs1)Cc1nc(N)nc(N(C)C)n1. The summed E-state index contributed by atoms with van der Waals surface area (Å²) in [6, 6.07) is 0. The van der Waals surface area contributed by atoms with E-state index in [4.69, 9.17) is 5.73 Å². The van der Waals surface area contributed by atoms with Gasteiger partial charge >= 0.3 is 0 Å². The first-order chi connectivity index (χ1) is 9.54. The number of likely N-dealkylation sites (N-methyl/N-ethyl adjacent to an activating group) is 1. The van der Waals surface area contributed by atoms with E-state index in [-0.39, 0.29) is 5.95 Å². The second kappa shape index (κ2) is 6.58. The molecule has 0 aromatic carbocycles. The second-order valence-corrected chi connectivity index (χ2v) is 5.70. The van der Waals surface area contributed by atoms with E-state index in [1.54, 1.807) is 11.3 Å². The fourth-order valence-corrected chi connectivity index (χ4v) is 2.29. The number of nitrogens with two attached hydrogens (primary N) is 1. The third-order valence-corrected chi connectivity index (χ3v) is 3.53. The average molecular weight is 293 g/mol. The summed E-state index contributed by atoms with van der Waals surface area (Å²) in [5, 5.41) is 3.13. The lowest BCUT2D eigenvalue weighted by Crippen LogP contribution is -2.24. The molecule has 0 amide bonds. The fourth-order valence-electron chi connectivity index (χ4n) is 1.68. The average Bonchev–Trinajstić information content (AvgIpc) is 2.88. The highest BCUT2D eigenvalue weighted by Gasteiger charge is 2.09. The zero-order valence-corrected chi connectivity index (χ0v) is 12.8. The van der Waals surface area contributed by atoms with E-state index in [0.717, 1.165) is 18.0 Å². The summed E-state index contributed by atoms with van der Waals surface area (Å²) >= 11 is 1.67. The van der Waals surface area contributed by atoms with Gasteiger partial charge in [-0.05, 0) is 7.05 Å². The van der Waals surface area contributed by atoms with E-state index >= 15 is 0 Å². The predicted octanol–water partition coefficient (Wildman–Crippen LogP) is 0.651. The molecule has 0 radical (unpaired) electrons. The predicted molar refractivity (Wildman–Crippen MR) is 80.7 cm³/mol. The number of thiazole rings is 1. The molecule has 0 unspecified atom stereocenters. The molecular weight excluding hydrogens is 274 g/mol. The van der Waals surface area contributed by atoms with Crippen LogP contribution in [0.25, 0.3) is 0 Å². The minimum Gasteiger partial charge on any atom is -0.368 e. The molecule has 0 aliphatic heterocycles. The van der Waals surface area contributed by atoms with E-state index < -0.39 is 0 Å². The molecule has 2 rings (SSSR count). The Morgan fingerprint density at radius 1 is 1.20 bits per heavy atom. The molecular formula is C12H19N7S. The Morgan fingerprint density at radius 2 is 2.00 bits per heavy atom. The molecule has 2 aromatic heterocycles. The number of rotatable bonds is 6. The fraction of sp³-hybridized carbons (Fsp3) is 0.500. The molecule has 0 spiro atoms. The summed E-state index contributed by atoms with van der Waals surface area (Å²) < 4.78 is 0. The number of anilines is 2. The molecule has 0 aliphatic rings. The van der Waals surface area contributed by atoms with Crippen molar-refractivity contribution in [1.29, 1.82) is 0 Å². The summed E-state index contributed by atoms with van der Waals surface area (Å²) in [6.45, 7) is 1.54. The van der Waals surface area contributed by atoms with Gasteiger partial charge in [-0.1, -0.05) is 0 Å². The lowest BCUT2D eigenvalue weighted by atomic mass is 10.4. The van der Waals surface area contributed by atoms with Crippen molar-refractivity contribution >= 4 is 23.2 Å². The normalized spacial score (nSPS) is 11.0. The van der Waals surface area contributed by atoms with Gasteiger partial charge in [-0.2, -0.15) is 15.0 Å². The van der Waals surface area contributed by atoms with Crippen molar-refractivity contribution in [2.24, 2.45) is 0 Å². The summed E-state index contributed by atoms with van der Waals surface area (Å²) in [4.78, 5) is 20.9. The number of hydrogen-bond acceptors (Lipinski definition) is 8. The summed E-state index contributed by atoms with van der Waals surface area (Å²) in [7, 11) is 5.79. The Bertz CT molecular complexity index is 541. The monoisotopic (exact) mass is 293 g/mol. The van der Waals surface area contributed by atoms with Crippen LogP contribution >= 0.6 is 11.3 Å². The number of nitrogens with zero attached hydrogens (tertiary/aromatic N) is 6. The Balaban J connectivity index is 1.95. The van der Waals surface area contributed by atoms with Gasteiger partial charge in [-0.3, -0.25) is 4.90 Å². The molecule has 108 valence electrons. The Labute approximate surface area is 122 Å². The molecule has 8 heteroatoms. The number of hydrogen-bond donors (Lipinski definition) is 1. The quantitative estimate of drug-likeness (QED) is 0.837. The van der Waals surface area contributed by atoms with E-state index in [0.29, 0.717) is 18.3 Å². The van der Waals surface area contributed by atoms with Gasteiger partial charge in [-0.25, -0.2) is 4.98 Å². The molecule has 0 bridgehead atoms. The molecule has 7 nitrogen and oxygen atoms in total. The number of aromatic nitrogens is 4. The van der Waals surface area contributed by atoms with Crippen molar-refractivity contribution in [3.05, 3.63) is 22.4 Å². The maximum absolute atomic E-state index is 5.71. The molecule has 2 heterocycles. The maximum Gasteiger partial charge on any atom is 0.229 e. The summed E-state index contributed by atoms with van der Waals surface area (Å²) in [5.41, 5.74) is 5.71. The Hall–Kier alpha value is -1.80. The molecule has 2 aromatic rings. The zero-order valence-electron chi connectivity index (χ0n) is 11.9. The zero-order chi connectivity index (χ0) is 14.5. The highest BCUT2D eigenvalue weighted by Crippen LogP contribution is 2.09. The lowest BCUT2D eigenvalue weighted by Gasteiger charge is -2.16. The van der Waals surface area contributed by atoms with Crippen molar-refractivity contribution < 1.29 is 0 Å². The van der Waals surface area contributed by atoms with Crippen LogP contribution in [0.2, 0.25) is 0 Å². The third kappa shape index (κ3) is 4.10. The molecule has 0 saturated heterocycles. The smallest absolute Gasteiger partial charge is 0.229 e. The van der Waals surface area contributed by atoms with Crippen molar-refractivity contribution in [2.45, 2.75) is 13.0 Å². The largest absolute Gasteiger partial charge is 0.368 e. The highest BCUT2D eigenvalue weighted by atomic mass is 32.1. The van der Waals surface area contributed by atoms with Crippen molar-refractivity contribution in [2.75, 3.05) is 38.3 Å².